The molecule has 3 amide bonds. The van der Waals surface area contributed by atoms with Crippen LogP contribution in [0.3, 0.4) is 0 Å². The summed E-state index contributed by atoms with van der Waals surface area (Å²) in [4.78, 5) is 30.3. The number of likely N-dealkylation sites (N-methyl/N-ethyl adjacent to an activating group) is 1. The highest BCUT2D eigenvalue weighted by Crippen LogP contribution is 2.65. The molecule has 0 aromatic heterocycles. The van der Waals surface area contributed by atoms with Crippen LogP contribution in [0.5, 0.6) is 0 Å². The van der Waals surface area contributed by atoms with Gasteiger partial charge in [-0.1, -0.05) is 26.3 Å². The standard InChI is InChI=1S/C31H47N2O2/c1-30-11-5-6-24(30)23-7-8-26-31(2,25(23)9-12-30)13-10-27(34)33(26,4)29(35)32(3)28-21-15-19-14-20(17-21)18-22(28)16-19/h10,13,19-26,28H,5-9,11-12,14-18H2,1-4H3/q+1/t19?,20?,21?,22?,23-,24-,25-,26?,28?,30-,31+,33?/m0/s1. The van der Waals surface area contributed by atoms with E-state index in [1.165, 1.54) is 70.6 Å². The molecule has 1 heterocycles. The quantitative estimate of drug-likeness (QED) is 0.408. The van der Waals surface area contributed by atoms with Crippen LogP contribution in [0, 0.1) is 52.3 Å². The summed E-state index contributed by atoms with van der Waals surface area (Å²) in [6.45, 7) is 4.97. The first-order valence-corrected chi connectivity index (χ1v) is 15.0. The van der Waals surface area contributed by atoms with Crippen molar-refractivity contribution in [3.05, 3.63) is 12.2 Å². The molecule has 7 fully saturated rings. The van der Waals surface area contributed by atoms with Gasteiger partial charge >= 0.3 is 11.9 Å². The Bertz CT molecular complexity index is 945. The van der Waals surface area contributed by atoms with Crippen LogP contribution in [0.25, 0.3) is 0 Å². The molecule has 4 bridgehead atoms. The predicted octanol–water partition coefficient (Wildman–Crippen LogP) is 6.41. The van der Waals surface area contributed by atoms with Gasteiger partial charge in [-0.3, -0.25) is 4.90 Å². The van der Waals surface area contributed by atoms with Crippen molar-refractivity contribution in [1.82, 2.24) is 4.90 Å². The summed E-state index contributed by atoms with van der Waals surface area (Å²) in [6, 6.07) is 0.521. The van der Waals surface area contributed by atoms with Crippen molar-refractivity contribution < 1.29 is 14.1 Å². The van der Waals surface area contributed by atoms with Gasteiger partial charge in [-0.2, -0.15) is 4.48 Å². The topological polar surface area (TPSA) is 37.4 Å². The Morgan fingerprint density at radius 3 is 2.31 bits per heavy atom. The molecule has 0 saturated heterocycles. The number of nitrogens with zero attached hydrogens (tertiary/aromatic N) is 2. The minimum absolute atomic E-state index is 0.0164. The number of urea groups is 1. The summed E-state index contributed by atoms with van der Waals surface area (Å²) in [6.07, 6.45) is 19.7. The highest BCUT2D eigenvalue weighted by atomic mass is 16.2. The molecule has 7 atom stereocenters. The first-order valence-electron chi connectivity index (χ1n) is 15.0. The summed E-state index contributed by atoms with van der Waals surface area (Å²) in [5.41, 5.74) is 0.474. The van der Waals surface area contributed by atoms with E-state index >= 15 is 0 Å². The Balaban J connectivity index is 1.20. The first kappa shape index (κ1) is 23.0. The number of amides is 3. The van der Waals surface area contributed by atoms with Gasteiger partial charge < -0.3 is 0 Å². The van der Waals surface area contributed by atoms with Gasteiger partial charge in [0.05, 0.1) is 7.05 Å². The summed E-state index contributed by atoms with van der Waals surface area (Å²) >= 11 is 0. The molecule has 2 unspecified atom stereocenters. The van der Waals surface area contributed by atoms with Crippen LogP contribution in [0.2, 0.25) is 0 Å². The molecule has 4 nitrogen and oxygen atoms in total. The van der Waals surface area contributed by atoms with Crippen LogP contribution in [0.1, 0.15) is 90.9 Å². The molecule has 0 radical (unpaired) electrons. The molecule has 0 aromatic carbocycles. The third-order valence-electron chi connectivity index (χ3n) is 13.5. The molecule has 35 heavy (non-hydrogen) atoms. The Kier molecular flexibility index (Phi) is 4.90. The number of imide groups is 1. The molecule has 7 saturated carbocycles. The van der Waals surface area contributed by atoms with Gasteiger partial charge in [-0.15, -0.1) is 0 Å². The monoisotopic (exact) mass is 479 g/mol. The summed E-state index contributed by atoms with van der Waals surface area (Å²) in [7, 11) is 4.05. The van der Waals surface area contributed by atoms with Gasteiger partial charge in [0.1, 0.15) is 6.04 Å². The molecular formula is C31H47N2O2+. The number of rotatable bonds is 1. The van der Waals surface area contributed by atoms with E-state index in [-0.39, 0.29) is 27.9 Å². The normalized spacial score (nSPS) is 55.9. The smallest absolute Gasteiger partial charge is 0.291 e. The Labute approximate surface area is 212 Å². The fourth-order valence-corrected chi connectivity index (χ4v) is 12.2. The molecule has 4 heteroatoms. The molecule has 8 rings (SSSR count). The molecule has 0 aromatic rings. The van der Waals surface area contributed by atoms with Crippen molar-refractivity contribution in [3.63, 3.8) is 0 Å². The van der Waals surface area contributed by atoms with E-state index in [2.05, 4.69) is 31.9 Å². The molecule has 0 N–H and O–H groups in total. The number of quaternary nitrogens is 1. The minimum Gasteiger partial charge on any atom is -0.291 e. The maximum Gasteiger partial charge on any atom is 0.426 e. The van der Waals surface area contributed by atoms with Crippen molar-refractivity contribution in [3.8, 4) is 0 Å². The number of hydrogen-bond donors (Lipinski definition) is 0. The highest BCUT2D eigenvalue weighted by Gasteiger charge is 2.66. The van der Waals surface area contributed by atoms with E-state index in [0.29, 0.717) is 29.2 Å². The van der Waals surface area contributed by atoms with Crippen LogP contribution in [-0.2, 0) is 4.79 Å². The maximum absolute atomic E-state index is 14.5. The number of fused-ring (bicyclic) bond motifs is 5. The van der Waals surface area contributed by atoms with Crippen molar-refractivity contribution in [2.45, 2.75) is 103 Å². The van der Waals surface area contributed by atoms with Gasteiger partial charge in [0.2, 0.25) is 0 Å². The molecule has 1 aliphatic heterocycles. The van der Waals surface area contributed by atoms with Crippen LogP contribution in [0.15, 0.2) is 12.2 Å². The van der Waals surface area contributed by atoms with Crippen LogP contribution >= 0.6 is 0 Å². The van der Waals surface area contributed by atoms with Crippen LogP contribution < -0.4 is 0 Å². The lowest BCUT2D eigenvalue weighted by molar-refractivity contribution is -0.796. The van der Waals surface area contributed by atoms with Crippen molar-refractivity contribution in [2.24, 2.45) is 52.3 Å². The predicted molar refractivity (Wildman–Crippen MR) is 137 cm³/mol. The number of carbonyl (C=O) groups is 2. The highest BCUT2D eigenvalue weighted by molar-refractivity contribution is 5.92. The first-order chi connectivity index (χ1) is 16.6. The molecule has 192 valence electrons. The fourth-order valence-electron chi connectivity index (χ4n) is 12.2. The lowest BCUT2D eigenvalue weighted by atomic mass is 9.48. The van der Waals surface area contributed by atoms with E-state index in [4.69, 9.17) is 0 Å². The van der Waals surface area contributed by atoms with Crippen LogP contribution in [-0.4, -0.2) is 47.5 Å². The summed E-state index contributed by atoms with van der Waals surface area (Å²) in [5.74, 6) is 5.34. The molecule has 7 aliphatic carbocycles. The zero-order chi connectivity index (χ0) is 24.3. The second kappa shape index (κ2) is 7.45. The van der Waals surface area contributed by atoms with Gasteiger partial charge in [-0.25, -0.2) is 9.59 Å². The Morgan fingerprint density at radius 2 is 1.63 bits per heavy atom. The van der Waals surface area contributed by atoms with Gasteiger partial charge in [0.15, 0.2) is 0 Å². The Morgan fingerprint density at radius 1 is 0.943 bits per heavy atom. The number of hydrogen-bond acceptors (Lipinski definition) is 2. The van der Waals surface area contributed by atoms with Crippen molar-refractivity contribution in [2.75, 3.05) is 14.1 Å². The van der Waals surface area contributed by atoms with E-state index < -0.39 is 0 Å². The van der Waals surface area contributed by atoms with Crippen molar-refractivity contribution in [1.29, 1.82) is 0 Å². The molecule has 0 spiro atoms. The van der Waals surface area contributed by atoms with E-state index in [9.17, 15) is 9.59 Å². The zero-order valence-electron chi connectivity index (χ0n) is 22.5. The average molecular weight is 480 g/mol. The summed E-state index contributed by atoms with van der Waals surface area (Å²) in [5, 5.41) is 0. The van der Waals surface area contributed by atoms with E-state index in [0.717, 1.165) is 30.1 Å². The van der Waals surface area contributed by atoms with Crippen molar-refractivity contribution >= 4 is 11.9 Å². The lowest BCUT2D eigenvalue weighted by Gasteiger charge is -2.61. The third-order valence-corrected chi connectivity index (χ3v) is 13.5. The van der Waals surface area contributed by atoms with Gasteiger partial charge in [-0.05, 0) is 111 Å². The van der Waals surface area contributed by atoms with Gasteiger partial charge in [0, 0.05) is 31.0 Å². The molecular weight excluding hydrogens is 432 g/mol. The third kappa shape index (κ3) is 2.95. The van der Waals surface area contributed by atoms with E-state index in [1.54, 1.807) is 0 Å². The summed E-state index contributed by atoms with van der Waals surface area (Å²) < 4.78 is -0.0164. The SMILES string of the molecule is CN(C(=O)[N+]1(C)C(=O)C=C[C@@]2(C)C1CC[C@H]1[C@@H]3CCC[C@@]3(C)CC[C@@H]12)C1C2CC3CC(C2)CC1C3. The van der Waals surface area contributed by atoms with Gasteiger partial charge in [0.25, 0.3) is 0 Å². The minimum atomic E-state index is -0.0595. The second-order valence-electron chi connectivity index (χ2n) is 15.0. The average Bonchev–Trinajstić information content (AvgIpc) is 3.22. The second-order valence-corrected chi connectivity index (χ2v) is 15.0. The lowest BCUT2D eigenvalue weighted by Crippen LogP contribution is -2.73. The fraction of sp³-hybridized carbons (Fsp3) is 0.871. The largest absolute Gasteiger partial charge is 0.426 e. The number of carbonyl (C=O) groups excluding carboxylic acids is 2. The Hall–Kier alpha value is -1.16. The maximum atomic E-state index is 14.5. The molecule has 8 aliphatic rings. The zero-order valence-corrected chi connectivity index (χ0v) is 22.5. The van der Waals surface area contributed by atoms with Crippen LogP contribution in [0.4, 0.5) is 4.79 Å². The van der Waals surface area contributed by atoms with E-state index in [1.807, 2.05) is 13.1 Å².